The van der Waals surface area contributed by atoms with Crippen LogP contribution in [0.25, 0.3) is 0 Å². The molecule has 94 valence electrons. The van der Waals surface area contributed by atoms with Gasteiger partial charge in [-0.05, 0) is 58.7 Å². The maximum absolute atomic E-state index is 11.9. The second-order valence-corrected chi connectivity index (χ2v) is 5.48. The highest BCUT2D eigenvalue weighted by molar-refractivity contribution is 5.21. The van der Waals surface area contributed by atoms with Crippen LogP contribution in [0.15, 0.2) is 4.79 Å². The Labute approximate surface area is 102 Å². The van der Waals surface area contributed by atoms with E-state index in [2.05, 4.69) is 21.7 Å². The Morgan fingerprint density at radius 3 is 2.65 bits per heavy atom. The molecule has 4 heteroatoms. The molecule has 1 fully saturated rings. The molecule has 1 N–H and O–H groups in total. The smallest absolute Gasteiger partial charge is 0.267 e. The van der Waals surface area contributed by atoms with Gasteiger partial charge in [-0.25, -0.2) is 0 Å². The van der Waals surface area contributed by atoms with Crippen molar-refractivity contribution in [2.24, 2.45) is 0 Å². The summed E-state index contributed by atoms with van der Waals surface area (Å²) in [5, 5.41) is 3.08. The molecular weight excluding hydrogens is 214 g/mol. The average molecular weight is 235 g/mol. The first-order valence-corrected chi connectivity index (χ1v) is 6.76. The van der Waals surface area contributed by atoms with Crippen molar-refractivity contribution in [3.63, 3.8) is 0 Å². The Bertz CT molecular complexity index is 452. The van der Waals surface area contributed by atoms with Crippen molar-refractivity contribution in [1.82, 2.24) is 14.7 Å². The van der Waals surface area contributed by atoms with Gasteiger partial charge in [0.1, 0.15) is 0 Å². The van der Waals surface area contributed by atoms with Crippen LogP contribution in [0.4, 0.5) is 0 Å². The van der Waals surface area contributed by atoms with E-state index in [-0.39, 0.29) is 5.56 Å². The maximum atomic E-state index is 11.9. The number of hydrogen-bond donors (Lipinski definition) is 1. The van der Waals surface area contributed by atoms with Crippen LogP contribution in [0.2, 0.25) is 0 Å². The van der Waals surface area contributed by atoms with E-state index in [1.807, 2.05) is 0 Å². The zero-order valence-corrected chi connectivity index (χ0v) is 10.5. The van der Waals surface area contributed by atoms with Crippen LogP contribution in [-0.2, 0) is 12.8 Å². The van der Waals surface area contributed by atoms with Crippen LogP contribution in [0, 0.1) is 0 Å². The van der Waals surface area contributed by atoms with Crippen LogP contribution >= 0.6 is 0 Å². The minimum Gasteiger partial charge on any atom is -0.306 e. The van der Waals surface area contributed by atoms with Gasteiger partial charge < -0.3 is 4.90 Å². The van der Waals surface area contributed by atoms with Gasteiger partial charge in [-0.2, -0.15) is 0 Å². The quantitative estimate of drug-likeness (QED) is 0.797. The highest BCUT2D eigenvalue weighted by Gasteiger charge is 2.25. The number of aromatic amines is 1. The Kier molecular flexibility index (Phi) is 2.82. The first kappa shape index (κ1) is 11.1. The lowest BCUT2D eigenvalue weighted by Gasteiger charge is -2.31. The second kappa shape index (κ2) is 4.33. The fraction of sp³-hybridized carbons (Fsp3) is 0.769. The normalized spacial score (nSPS) is 22.6. The summed E-state index contributed by atoms with van der Waals surface area (Å²) < 4.78 is 2.20. The summed E-state index contributed by atoms with van der Waals surface area (Å²) >= 11 is 0. The molecule has 4 nitrogen and oxygen atoms in total. The number of likely N-dealkylation sites (tertiary alicyclic amines) is 1. The number of nitrogens with one attached hydrogen (secondary N) is 1. The van der Waals surface area contributed by atoms with Gasteiger partial charge in [0.2, 0.25) is 0 Å². The summed E-state index contributed by atoms with van der Waals surface area (Å²) in [5.41, 5.74) is 2.53. The predicted molar refractivity (Wildman–Crippen MR) is 67.5 cm³/mol. The van der Waals surface area contributed by atoms with Gasteiger partial charge in [0.15, 0.2) is 0 Å². The van der Waals surface area contributed by atoms with Gasteiger partial charge in [-0.1, -0.05) is 0 Å². The van der Waals surface area contributed by atoms with E-state index in [1.54, 1.807) is 0 Å². The highest BCUT2D eigenvalue weighted by atomic mass is 16.1. The van der Waals surface area contributed by atoms with Crippen LogP contribution in [0.5, 0.6) is 0 Å². The number of aromatic nitrogens is 2. The summed E-state index contributed by atoms with van der Waals surface area (Å²) in [6.07, 6.45) is 6.79. The van der Waals surface area contributed by atoms with E-state index < -0.39 is 0 Å². The Balaban J connectivity index is 1.90. The molecule has 1 aliphatic carbocycles. The molecule has 1 aliphatic heterocycles. The Morgan fingerprint density at radius 2 is 1.88 bits per heavy atom. The van der Waals surface area contributed by atoms with Crippen molar-refractivity contribution in [2.45, 2.75) is 44.6 Å². The van der Waals surface area contributed by atoms with Crippen molar-refractivity contribution in [1.29, 1.82) is 0 Å². The molecule has 0 saturated carbocycles. The second-order valence-electron chi connectivity index (χ2n) is 5.48. The highest BCUT2D eigenvalue weighted by Crippen LogP contribution is 2.26. The van der Waals surface area contributed by atoms with Crippen molar-refractivity contribution in [3.05, 3.63) is 21.6 Å². The number of rotatable bonds is 1. The third-order valence-electron chi connectivity index (χ3n) is 4.28. The molecule has 0 unspecified atom stereocenters. The number of hydrogen-bond acceptors (Lipinski definition) is 2. The molecule has 17 heavy (non-hydrogen) atoms. The predicted octanol–water partition coefficient (Wildman–Crippen LogP) is 1.32. The van der Waals surface area contributed by atoms with Crippen molar-refractivity contribution >= 4 is 0 Å². The Morgan fingerprint density at radius 1 is 1.18 bits per heavy atom. The molecule has 0 amide bonds. The zero-order valence-electron chi connectivity index (χ0n) is 10.5. The minimum absolute atomic E-state index is 0.165. The van der Waals surface area contributed by atoms with Gasteiger partial charge in [-0.15, -0.1) is 0 Å². The van der Waals surface area contributed by atoms with Gasteiger partial charge in [0, 0.05) is 11.3 Å². The lowest BCUT2D eigenvalue weighted by molar-refractivity contribution is 0.209. The third-order valence-corrected chi connectivity index (χ3v) is 4.28. The fourth-order valence-corrected chi connectivity index (χ4v) is 3.21. The molecule has 1 aromatic rings. The van der Waals surface area contributed by atoms with Crippen LogP contribution in [0.1, 0.15) is 43.0 Å². The first-order chi connectivity index (χ1) is 8.25. The maximum Gasteiger partial charge on any atom is 0.267 e. The molecule has 1 aromatic heterocycles. The monoisotopic (exact) mass is 235 g/mol. The summed E-state index contributed by atoms with van der Waals surface area (Å²) in [6.45, 7) is 2.28. The third kappa shape index (κ3) is 1.95. The van der Waals surface area contributed by atoms with Crippen LogP contribution in [-0.4, -0.2) is 34.8 Å². The summed E-state index contributed by atoms with van der Waals surface area (Å²) in [5.74, 6) is 0. The summed E-state index contributed by atoms with van der Waals surface area (Å²) in [4.78, 5) is 14.3. The molecule has 0 spiro atoms. The van der Waals surface area contributed by atoms with Crippen molar-refractivity contribution in [3.8, 4) is 0 Å². The lowest BCUT2D eigenvalue weighted by atomic mass is 9.97. The van der Waals surface area contributed by atoms with E-state index in [9.17, 15) is 4.79 Å². The van der Waals surface area contributed by atoms with Crippen molar-refractivity contribution in [2.75, 3.05) is 20.1 Å². The number of nitrogens with zero attached hydrogens (tertiary/aromatic N) is 2. The standard InChI is InChI=1S/C13H21N3O/c1-15-8-6-10(7-9-15)16-12-5-3-2-4-11(12)13(17)14-16/h10H,2-9H2,1H3,(H,14,17). The van der Waals surface area contributed by atoms with Gasteiger partial charge in [0.05, 0.1) is 6.04 Å². The number of H-pyrrole nitrogens is 1. The Hall–Kier alpha value is -1.03. The van der Waals surface area contributed by atoms with Crippen molar-refractivity contribution < 1.29 is 0 Å². The zero-order chi connectivity index (χ0) is 11.8. The number of fused-ring (bicyclic) bond motifs is 1. The van der Waals surface area contributed by atoms with Crippen LogP contribution in [0.3, 0.4) is 0 Å². The molecule has 3 rings (SSSR count). The molecule has 0 atom stereocenters. The SMILES string of the molecule is CN1CCC(n2[nH]c(=O)c3c2CCCC3)CC1. The van der Waals surface area contributed by atoms with Gasteiger partial charge in [-0.3, -0.25) is 14.6 Å². The molecule has 0 aromatic carbocycles. The summed E-state index contributed by atoms with van der Waals surface area (Å²) in [7, 11) is 2.17. The van der Waals surface area contributed by atoms with E-state index in [0.29, 0.717) is 6.04 Å². The number of piperidine rings is 1. The largest absolute Gasteiger partial charge is 0.306 e. The molecule has 0 bridgehead atoms. The summed E-state index contributed by atoms with van der Waals surface area (Å²) in [6, 6.07) is 0.515. The molecular formula is C13H21N3O. The first-order valence-electron chi connectivity index (χ1n) is 6.76. The lowest BCUT2D eigenvalue weighted by Crippen LogP contribution is -2.32. The van der Waals surface area contributed by atoms with E-state index >= 15 is 0 Å². The molecule has 2 aliphatic rings. The fourth-order valence-electron chi connectivity index (χ4n) is 3.21. The van der Waals surface area contributed by atoms with E-state index in [0.717, 1.165) is 44.3 Å². The van der Waals surface area contributed by atoms with E-state index in [1.165, 1.54) is 18.5 Å². The average Bonchev–Trinajstić information content (AvgIpc) is 2.69. The topological polar surface area (TPSA) is 41.0 Å². The van der Waals surface area contributed by atoms with Gasteiger partial charge >= 0.3 is 0 Å². The molecule has 2 heterocycles. The molecule has 1 saturated heterocycles. The van der Waals surface area contributed by atoms with Gasteiger partial charge in [0.25, 0.3) is 5.56 Å². The van der Waals surface area contributed by atoms with E-state index in [4.69, 9.17) is 0 Å². The van der Waals surface area contributed by atoms with Crippen LogP contribution < -0.4 is 5.56 Å². The minimum atomic E-state index is 0.165. The molecule has 0 radical (unpaired) electrons.